The normalized spacial score (nSPS) is 10.9. The van der Waals surface area contributed by atoms with Crippen molar-refractivity contribution in [2.45, 2.75) is 27.0 Å². The molecule has 4 nitrogen and oxygen atoms in total. The van der Waals surface area contributed by atoms with Gasteiger partial charge in [-0.05, 0) is 31.5 Å². The third-order valence-electron chi connectivity index (χ3n) is 4.13. The Labute approximate surface area is 166 Å². The molecule has 0 unspecified atom stereocenters. The molecule has 0 radical (unpaired) electrons. The van der Waals surface area contributed by atoms with Gasteiger partial charge >= 0.3 is 5.97 Å². The zero-order valence-electron chi connectivity index (χ0n) is 14.8. The summed E-state index contributed by atoms with van der Waals surface area (Å²) in [5.41, 5.74) is 2.88. The number of carbonyl (C=O) groups is 1. The van der Waals surface area contributed by atoms with Crippen LogP contribution in [0, 0.1) is 19.7 Å². The Morgan fingerprint density at radius 1 is 1.15 bits per heavy atom. The van der Waals surface area contributed by atoms with E-state index in [1.807, 2.05) is 31.2 Å². The van der Waals surface area contributed by atoms with Crippen LogP contribution in [0.4, 0.5) is 4.39 Å². The molecule has 3 rings (SSSR count). The number of benzene rings is 2. The zero-order valence-corrected chi connectivity index (χ0v) is 16.3. The molecule has 0 amide bonds. The number of aryl methyl sites for hydroxylation is 2. The van der Waals surface area contributed by atoms with E-state index in [4.69, 9.17) is 27.9 Å². The van der Waals surface area contributed by atoms with Crippen LogP contribution in [0.3, 0.4) is 0 Å². The molecule has 140 valence electrons. The van der Waals surface area contributed by atoms with Gasteiger partial charge in [0.2, 0.25) is 0 Å². The highest BCUT2D eigenvalue weighted by Gasteiger charge is 2.22. The molecule has 3 aromatic rings. The Kier molecular flexibility index (Phi) is 5.82. The average Bonchev–Trinajstić information content (AvgIpc) is 2.90. The molecule has 0 saturated heterocycles. The highest BCUT2D eigenvalue weighted by atomic mass is 35.5. The summed E-state index contributed by atoms with van der Waals surface area (Å²) < 4.78 is 20.6. The first-order valence-electron chi connectivity index (χ1n) is 8.25. The highest BCUT2D eigenvalue weighted by Crippen LogP contribution is 2.24. The lowest BCUT2D eigenvalue weighted by Gasteiger charge is -2.08. The smallest absolute Gasteiger partial charge is 0.343 e. The van der Waals surface area contributed by atoms with Crippen LogP contribution < -0.4 is 0 Å². The van der Waals surface area contributed by atoms with E-state index in [1.165, 1.54) is 22.9 Å². The molecule has 0 N–H and O–H groups in total. The minimum absolute atomic E-state index is 0.119. The maximum Gasteiger partial charge on any atom is 0.343 e. The van der Waals surface area contributed by atoms with E-state index in [1.54, 1.807) is 6.92 Å². The third-order valence-corrected chi connectivity index (χ3v) is 4.87. The summed E-state index contributed by atoms with van der Waals surface area (Å²) in [5.74, 6) is -1.21. The monoisotopic (exact) mass is 406 g/mol. The summed E-state index contributed by atoms with van der Waals surface area (Å²) in [7, 11) is 0. The van der Waals surface area contributed by atoms with E-state index in [0.717, 1.165) is 11.1 Å². The topological polar surface area (TPSA) is 44.1 Å². The molecule has 0 bridgehead atoms. The summed E-state index contributed by atoms with van der Waals surface area (Å²) in [6.07, 6.45) is 0. The number of halogens is 3. The summed E-state index contributed by atoms with van der Waals surface area (Å²) >= 11 is 12.3. The number of nitrogens with zero attached hydrogens (tertiary/aromatic N) is 2. The molecule has 0 saturated carbocycles. The molecular formula is C20H17Cl2FN2O2. The second kappa shape index (κ2) is 8.11. The lowest BCUT2D eigenvalue weighted by atomic mass is 10.1. The van der Waals surface area contributed by atoms with Crippen molar-refractivity contribution in [1.82, 2.24) is 9.78 Å². The largest absolute Gasteiger partial charge is 0.457 e. The van der Waals surface area contributed by atoms with Crippen molar-refractivity contribution in [2.75, 3.05) is 0 Å². The molecule has 27 heavy (non-hydrogen) atoms. The van der Waals surface area contributed by atoms with Crippen LogP contribution in [0.15, 0.2) is 42.5 Å². The number of aromatic nitrogens is 2. The van der Waals surface area contributed by atoms with Crippen molar-refractivity contribution in [3.8, 4) is 0 Å². The highest BCUT2D eigenvalue weighted by molar-refractivity contribution is 6.33. The second-order valence-electron chi connectivity index (χ2n) is 6.17. The Morgan fingerprint density at radius 2 is 1.85 bits per heavy atom. The molecular weight excluding hydrogens is 390 g/mol. The molecule has 7 heteroatoms. The van der Waals surface area contributed by atoms with Crippen molar-refractivity contribution in [2.24, 2.45) is 0 Å². The minimum atomic E-state index is -0.674. The number of ether oxygens (including phenoxy) is 1. The first-order chi connectivity index (χ1) is 12.9. The van der Waals surface area contributed by atoms with Crippen LogP contribution in [0.1, 0.15) is 32.7 Å². The second-order valence-corrected chi connectivity index (χ2v) is 6.94. The Bertz CT molecular complexity index is 964. The number of esters is 1. The van der Waals surface area contributed by atoms with Crippen LogP contribution in [-0.4, -0.2) is 15.7 Å². The molecule has 2 aromatic carbocycles. The molecule has 0 aliphatic carbocycles. The first kappa shape index (κ1) is 19.4. The van der Waals surface area contributed by atoms with Gasteiger partial charge in [-0.25, -0.2) is 13.9 Å². The Balaban J connectivity index is 1.77. The molecule has 0 fully saturated rings. The third kappa shape index (κ3) is 4.31. The number of rotatable bonds is 5. The van der Waals surface area contributed by atoms with Gasteiger partial charge < -0.3 is 4.74 Å². The average molecular weight is 407 g/mol. The number of carbonyl (C=O) groups excluding carboxylic acids is 1. The van der Waals surface area contributed by atoms with Gasteiger partial charge in [-0.3, -0.25) is 0 Å². The van der Waals surface area contributed by atoms with Crippen molar-refractivity contribution in [3.05, 3.63) is 86.4 Å². The predicted octanol–water partition coefficient (Wildman–Crippen LogP) is 5.35. The van der Waals surface area contributed by atoms with E-state index in [9.17, 15) is 9.18 Å². The van der Waals surface area contributed by atoms with E-state index >= 15 is 0 Å². The maximum absolute atomic E-state index is 13.8. The van der Waals surface area contributed by atoms with E-state index in [0.29, 0.717) is 12.2 Å². The van der Waals surface area contributed by atoms with Crippen LogP contribution in [-0.2, 0) is 17.9 Å². The SMILES string of the molecule is Cc1ccc(Cn2nc(C)c(C(=O)OCc3c(F)cccc3Cl)c2Cl)cc1. The van der Waals surface area contributed by atoms with Crippen molar-refractivity contribution >= 4 is 29.2 Å². The standard InChI is InChI=1S/C20H17Cl2FN2O2/c1-12-6-8-14(9-7-12)10-25-19(22)18(13(2)24-25)20(26)27-11-15-16(21)4-3-5-17(15)23/h3-9H,10-11H2,1-2H3. The van der Waals surface area contributed by atoms with Gasteiger partial charge in [-0.15, -0.1) is 0 Å². The fraction of sp³-hybridized carbons (Fsp3) is 0.200. The quantitative estimate of drug-likeness (QED) is 0.536. The van der Waals surface area contributed by atoms with Gasteiger partial charge in [-0.1, -0.05) is 59.1 Å². The number of hydrogen-bond donors (Lipinski definition) is 0. The summed E-state index contributed by atoms with van der Waals surface area (Å²) in [6.45, 7) is 3.81. The molecule has 1 aromatic heterocycles. The Morgan fingerprint density at radius 3 is 2.52 bits per heavy atom. The van der Waals surface area contributed by atoms with Gasteiger partial charge in [0.15, 0.2) is 0 Å². The molecule has 1 heterocycles. The summed E-state index contributed by atoms with van der Waals surface area (Å²) in [4.78, 5) is 12.5. The summed E-state index contributed by atoms with van der Waals surface area (Å²) in [6, 6.07) is 12.2. The van der Waals surface area contributed by atoms with Crippen LogP contribution in [0.25, 0.3) is 0 Å². The molecule has 0 aliphatic heterocycles. The number of hydrogen-bond acceptors (Lipinski definition) is 3. The van der Waals surface area contributed by atoms with Gasteiger partial charge in [0.25, 0.3) is 0 Å². The van der Waals surface area contributed by atoms with Crippen molar-refractivity contribution in [3.63, 3.8) is 0 Å². The van der Waals surface area contributed by atoms with Crippen molar-refractivity contribution < 1.29 is 13.9 Å². The van der Waals surface area contributed by atoms with Gasteiger partial charge in [0.1, 0.15) is 23.1 Å². The molecule has 0 aliphatic rings. The van der Waals surface area contributed by atoms with Gasteiger partial charge in [0.05, 0.1) is 17.3 Å². The fourth-order valence-corrected chi connectivity index (χ4v) is 3.17. The zero-order chi connectivity index (χ0) is 19.6. The van der Waals surface area contributed by atoms with Gasteiger partial charge in [0, 0.05) is 5.56 Å². The van der Waals surface area contributed by atoms with Crippen LogP contribution in [0.2, 0.25) is 10.2 Å². The van der Waals surface area contributed by atoms with Crippen LogP contribution >= 0.6 is 23.2 Å². The minimum Gasteiger partial charge on any atom is -0.457 e. The van der Waals surface area contributed by atoms with E-state index in [2.05, 4.69) is 5.10 Å². The first-order valence-corrected chi connectivity index (χ1v) is 9.01. The summed E-state index contributed by atoms with van der Waals surface area (Å²) in [5, 5.41) is 4.70. The lowest BCUT2D eigenvalue weighted by molar-refractivity contribution is 0.0468. The maximum atomic E-state index is 13.8. The van der Waals surface area contributed by atoms with E-state index in [-0.39, 0.29) is 27.9 Å². The Hall–Kier alpha value is -2.37. The van der Waals surface area contributed by atoms with Crippen molar-refractivity contribution in [1.29, 1.82) is 0 Å². The van der Waals surface area contributed by atoms with Gasteiger partial charge in [-0.2, -0.15) is 5.10 Å². The molecule has 0 spiro atoms. The predicted molar refractivity (Wildman–Crippen MR) is 103 cm³/mol. The molecule has 0 atom stereocenters. The fourth-order valence-electron chi connectivity index (χ4n) is 2.64. The van der Waals surface area contributed by atoms with Crippen LogP contribution in [0.5, 0.6) is 0 Å². The lowest BCUT2D eigenvalue weighted by Crippen LogP contribution is -2.08. The van der Waals surface area contributed by atoms with E-state index < -0.39 is 11.8 Å².